The van der Waals surface area contributed by atoms with Crippen molar-refractivity contribution in [1.82, 2.24) is 19.6 Å². The average Bonchev–Trinajstić information content (AvgIpc) is 2.97. The number of amides is 1. The average molecular weight is 332 g/mol. The largest absolute Gasteiger partial charge is 0.331 e. The Kier molecular flexibility index (Phi) is 4.10. The molecule has 1 aromatic heterocycles. The Labute approximate surface area is 134 Å². The minimum absolute atomic E-state index is 0.154. The quantitative estimate of drug-likeness (QED) is 0.885. The summed E-state index contributed by atoms with van der Waals surface area (Å²) >= 11 is 0. The second-order valence-corrected chi connectivity index (χ2v) is 7.15. The van der Waals surface area contributed by atoms with Crippen LogP contribution in [0.15, 0.2) is 41.7 Å². The van der Waals surface area contributed by atoms with Gasteiger partial charge in [-0.2, -0.15) is 0 Å². The molecule has 1 N–H and O–H groups in total. The van der Waals surface area contributed by atoms with Gasteiger partial charge in [-0.05, 0) is 24.6 Å². The molecule has 1 amide bonds. The van der Waals surface area contributed by atoms with Crippen molar-refractivity contribution in [2.45, 2.75) is 24.9 Å². The van der Waals surface area contributed by atoms with Crippen molar-refractivity contribution in [3.63, 3.8) is 0 Å². The standard InChI is InChI=1S/C15H16N4O3S/c1-11-3-2-4-13(5-11)23(21,22)18-7-15(20)19-8-12-6-16-10-17-14(12)9-19/h2-6,10,18H,7-9H2,1H3. The molecule has 8 heteroatoms. The molecule has 7 nitrogen and oxygen atoms in total. The molecule has 23 heavy (non-hydrogen) atoms. The monoisotopic (exact) mass is 332 g/mol. The van der Waals surface area contributed by atoms with Gasteiger partial charge in [-0.15, -0.1) is 0 Å². The van der Waals surface area contributed by atoms with E-state index in [1.54, 1.807) is 23.2 Å². The number of fused-ring (bicyclic) bond motifs is 1. The summed E-state index contributed by atoms with van der Waals surface area (Å²) in [6, 6.07) is 6.55. The first-order chi connectivity index (χ1) is 11.0. The van der Waals surface area contributed by atoms with Crippen LogP contribution in [0.5, 0.6) is 0 Å². The molecule has 0 spiro atoms. The molecule has 120 valence electrons. The predicted molar refractivity (Wildman–Crippen MR) is 82.7 cm³/mol. The van der Waals surface area contributed by atoms with Crippen LogP contribution < -0.4 is 4.72 Å². The van der Waals surface area contributed by atoms with Crippen molar-refractivity contribution in [2.75, 3.05) is 6.54 Å². The number of hydrogen-bond donors (Lipinski definition) is 1. The summed E-state index contributed by atoms with van der Waals surface area (Å²) < 4.78 is 26.8. The molecule has 0 fully saturated rings. The van der Waals surface area contributed by atoms with Crippen molar-refractivity contribution >= 4 is 15.9 Å². The Bertz CT molecular complexity index is 826. The maximum atomic E-state index is 12.2. The molecule has 3 rings (SSSR count). The molecular formula is C15H16N4O3S. The molecule has 0 saturated carbocycles. The smallest absolute Gasteiger partial charge is 0.241 e. The number of carbonyl (C=O) groups excluding carboxylic acids is 1. The number of nitrogens with one attached hydrogen (secondary N) is 1. The Hall–Kier alpha value is -2.32. The Balaban J connectivity index is 1.64. The highest BCUT2D eigenvalue weighted by Gasteiger charge is 2.25. The van der Waals surface area contributed by atoms with Gasteiger partial charge in [-0.25, -0.2) is 23.1 Å². The molecule has 0 atom stereocenters. The third kappa shape index (κ3) is 3.38. The number of carbonyl (C=O) groups is 1. The SMILES string of the molecule is Cc1cccc(S(=O)(=O)NCC(=O)N2Cc3cncnc3C2)c1. The summed E-state index contributed by atoms with van der Waals surface area (Å²) in [5.41, 5.74) is 2.53. The van der Waals surface area contributed by atoms with Crippen LogP contribution in [0.25, 0.3) is 0 Å². The van der Waals surface area contributed by atoms with Gasteiger partial charge in [0.25, 0.3) is 0 Å². The topological polar surface area (TPSA) is 92.3 Å². The molecule has 2 aromatic rings. The highest BCUT2D eigenvalue weighted by molar-refractivity contribution is 7.89. The van der Waals surface area contributed by atoms with E-state index in [1.807, 2.05) is 13.0 Å². The molecular weight excluding hydrogens is 316 g/mol. The number of sulfonamides is 1. The summed E-state index contributed by atoms with van der Waals surface area (Å²) in [4.78, 5) is 22.0. The normalized spacial score (nSPS) is 13.9. The summed E-state index contributed by atoms with van der Waals surface area (Å²) in [6.07, 6.45) is 3.11. The molecule has 0 radical (unpaired) electrons. The van der Waals surface area contributed by atoms with E-state index in [0.29, 0.717) is 13.1 Å². The van der Waals surface area contributed by atoms with Gasteiger partial charge in [-0.3, -0.25) is 4.79 Å². The third-order valence-corrected chi connectivity index (χ3v) is 5.05. The van der Waals surface area contributed by atoms with E-state index in [4.69, 9.17) is 0 Å². The maximum Gasteiger partial charge on any atom is 0.241 e. The maximum absolute atomic E-state index is 12.2. The van der Waals surface area contributed by atoms with E-state index in [1.165, 1.54) is 12.4 Å². The van der Waals surface area contributed by atoms with Crippen molar-refractivity contribution < 1.29 is 13.2 Å². The van der Waals surface area contributed by atoms with Crippen LogP contribution in [0.2, 0.25) is 0 Å². The molecule has 1 aliphatic rings. The van der Waals surface area contributed by atoms with Crippen LogP contribution in [0.3, 0.4) is 0 Å². The molecule has 1 aliphatic heterocycles. The zero-order valence-electron chi connectivity index (χ0n) is 12.6. The molecule has 0 unspecified atom stereocenters. The fraction of sp³-hybridized carbons (Fsp3) is 0.267. The highest BCUT2D eigenvalue weighted by atomic mass is 32.2. The summed E-state index contributed by atoms with van der Waals surface area (Å²) in [5, 5.41) is 0. The van der Waals surface area contributed by atoms with Gasteiger partial charge in [0, 0.05) is 18.3 Å². The molecule has 1 aromatic carbocycles. The molecule has 0 bridgehead atoms. The van der Waals surface area contributed by atoms with E-state index in [9.17, 15) is 13.2 Å². The lowest BCUT2D eigenvalue weighted by atomic mass is 10.2. The minimum Gasteiger partial charge on any atom is -0.331 e. The van der Waals surface area contributed by atoms with Gasteiger partial charge in [0.1, 0.15) is 6.33 Å². The van der Waals surface area contributed by atoms with E-state index in [0.717, 1.165) is 16.8 Å². The van der Waals surface area contributed by atoms with E-state index >= 15 is 0 Å². The summed E-state index contributed by atoms with van der Waals surface area (Å²) in [5.74, 6) is -0.292. The van der Waals surface area contributed by atoms with Gasteiger partial charge in [0.2, 0.25) is 15.9 Å². The van der Waals surface area contributed by atoms with Gasteiger partial charge in [0.15, 0.2) is 0 Å². The second-order valence-electron chi connectivity index (χ2n) is 5.39. The van der Waals surface area contributed by atoms with Crippen LogP contribution in [-0.2, 0) is 27.9 Å². The van der Waals surface area contributed by atoms with Crippen molar-refractivity contribution in [3.05, 3.63) is 53.6 Å². The van der Waals surface area contributed by atoms with Crippen molar-refractivity contribution in [1.29, 1.82) is 0 Å². The first kappa shape index (κ1) is 15.6. The fourth-order valence-corrected chi connectivity index (χ4v) is 3.49. The Morgan fingerprint density at radius 2 is 2.17 bits per heavy atom. The minimum atomic E-state index is -3.70. The Morgan fingerprint density at radius 1 is 1.35 bits per heavy atom. The number of nitrogens with zero attached hydrogens (tertiary/aromatic N) is 3. The van der Waals surface area contributed by atoms with Crippen molar-refractivity contribution in [2.24, 2.45) is 0 Å². The number of hydrogen-bond acceptors (Lipinski definition) is 5. The fourth-order valence-electron chi connectivity index (χ4n) is 2.41. The van der Waals surface area contributed by atoms with Gasteiger partial charge in [-0.1, -0.05) is 12.1 Å². The number of rotatable bonds is 4. The van der Waals surface area contributed by atoms with Crippen LogP contribution in [-0.4, -0.2) is 35.7 Å². The van der Waals surface area contributed by atoms with E-state index < -0.39 is 10.0 Å². The molecule has 0 aliphatic carbocycles. The first-order valence-corrected chi connectivity index (χ1v) is 8.56. The second kappa shape index (κ2) is 6.05. The molecule has 0 saturated heterocycles. The van der Waals surface area contributed by atoms with Crippen LogP contribution >= 0.6 is 0 Å². The lowest BCUT2D eigenvalue weighted by Gasteiger charge is -2.15. The van der Waals surface area contributed by atoms with Crippen LogP contribution in [0, 0.1) is 6.92 Å². The number of aryl methyl sites for hydroxylation is 1. The van der Waals surface area contributed by atoms with Crippen molar-refractivity contribution in [3.8, 4) is 0 Å². The number of benzene rings is 1. The number of aromatic nitrogens is 2. The van der Waals surface area contributed by atoms with E-state index in [2.05, 4.69) is 14.7 Å². The Morgan fingerprint density at radius 3 is 2.91 bits per heavy atom. The predicted octanol–water partition coefficient (Wildman–Crippen LogP) is 0.606. The van der Waals surface area contributed by atoms with Gasteiger partial charge < -0.3 is 4.90 Å². The zero-order valence-corrected chi connectivity index (χ0v) is 13.4. The highest BCUT2D eigenvalue weighted by Crippen LogP contribution is 2.19. The third-order valence-electron chi connectivity index (χ3n) is 3.65. The summed E-state index contributed by atoms with van der Waals surface area (Å²) in [7, 11) is -3.70. The van der Waals surface area contributed by atoms with E-state index in [-0.39, 0.29) is 17.3 Å². The first-order valence-electron chi connectivity index (χ1n) is 7.07. The van der Waals surface area contributed by atoms with Gasteiger partial charge in [0.05, 0.1) is 23.7 Å². The molecule has 2 heterocycles. The van der Waals surface area contributed by atoms with Crippen LogP contribution in [0.4, 0.5) is 0 Å². The summed E-state index contributed by atoms with van der Waals surface area (Å²) in [6.45, 7) is 2.31. The van der Waals surface area contributed by atoms with Crippen LogP contribution in [0.1, 0.15) is 16.8 Å². The lowest BCUT2D eigenvalue weighted by molar-refractivity contribution is -0.130. The lowest BCUT2D eigenvalue weighted by Crippen LogP contribution is -2.37. The van der Waals surface area contributed by atoms with Gasteiger partial charge >= 0.3 is 0 Å². The zero-order chi connectivity index (χ0) is 16.4.